The highest BCUT2D eigenvalue weighted by atomic mass is 16.7. The van der Waals surface area contributed by atoms with E-state index in [1.165, 1.54) is 116 Å². The fourth-order valence-electron chi connectivity index (χ4n) is 6.45. The van der Waals surface area contributed by atoms with Gasteiger partial charge in [-0.1, -0.05) is 162 Å². The summed E-state index contributed by atoms with van der Waals surface area (Å²) in [6.07, 6.45) is 23.5. The number of ether oxygens (including phenoxy) is 2. The maximum absolute atomic E-state index is 12.7. The largest absolute Gasteiger partial charge is 0.394 e. The maximum atomic E-state index is 12.7. The van der Waals surface area contributed by atoms with Crippen LogP contribution in [0.2, 0.25) is 0 Å². The molecule has 7 atom stereocenters. The molecular formula is C38H75NO8. The fourth-order valence-corrected chi connectivity index (χ4v) is 6.45. The Labute approximate surface area is 287 Å². The van der Waals surface area contributed by atoms with Crippen LogP contribution in [-0.4, -0.2) is 87.5 Å². The average Bonchev–Trinajstić information content (AvgIpc) is 3.07. The number of amides is 1. The van der Waals surface area contributed by atoms with Gasteiger partial charge in [0.15, 0.2) is 6.29 Å². The molecule has 1 aliphatic heterocycles. The third-order valence-electron chi connectivity index (χ3n) is 9.71. The molecule has 0 aromatic rings. The number of aliphatic hydroxyl groups excluding tert-OH is 5. The van der Waals surface area contributed by atoms with Crippen molar-refractivity contribution in [2.24, 2.45) is 0 Å². The second-order valence-electron chi connectivity index (χ2n) is 14.1. The van der Waals surface area contributed by atoms with Gasteiger partial charge in [-0.2, -0.15) is 0 Å². The first-order valence-electron chi connectivity index (χ1n) is 19.7. The summed E-state index contributed by atoms with van der Waals surface area (Å²) in [5.74, 6) is -0.153. The van der Waals surface area contributed by atoms with Crippen LogP contribution in [0.25, 0.3) is 0 Å². The van der Waals surface area contributed by atoms with Gasteiger partial charge in [-0.15, -0.1) is 0 Å². The molecule has 0 aromatic carbocycles. The van der Waals surface area contributed by atoms with E-state index in [4.69, 9.17) is 9.47 Å². The predicted octanol–water partition coefficient (Wildman–Crippen LogP) is 6.83. The van der Waals surface area contributed by atoms with Gasteiger partial charge in [-0.3, -0.25) is 4.79 Å². The topological polar surface area (TPSA) is 149 Å². The highest BCUT2D eigenvalue weighted by molar-refractivity contribution is 5.76. The minimum atomic E-state index is -1.54. The SMILES string of the molecule is CCCCCCCCCCCCCCCCCCCCCCCC(=O)NC(COC1OC(CO)C(O)C(O)C1O)C(O)CCCCC. The lowest BCUT2D eigenvalue weighted by atomic mass is 9.99. The maximum Gasteiger partial charge on any atom is 0.220 e. The summed E-state index contributed by atoms with van der Waals surface area (Å²) in [6, 6.07) is -0.707. The summed E-state index contributed by atoms with van der Waals surface area (Å²) < 4.78 is 11.1. The van der Waals surface area contributed by atoms with Crippen molar-refractivity contribution in [2.45, 2.75) is 224 Å². The summed E-state index contributed by atoms with van der Waals surface area (Å²) in [6.45, 7) is 3.67. The average molecular weight is 674 g/mol. The molecule has 0 radical (unpaired) electrons. The van der Waals surface area contributed by atoms with Crippen molar-refractivity contribution in [1.82, 2.24) is 5.32 Å². The highest BCUT2D eigenvalue weighted by Gasteiger charge is 2.44. The molecule has 0 spiro atoms. The molecule has 0 aromatic heterocycles. The lowest BCUT2D eigenvalue weighted by molar-refractivity contribution is -0.302. The summed E-state index contributed by atoms with van der Waals surface area (Å²) in [5.41, 5.74) is 0. The Morgan fingerprint density at radius 1 is 0.638 bits per heavy atom. The van der Waals surface area contributed by atoms with Crippen molar-refractivity contribution in [3.63, 3.8) is 0 Å². The van der Waals surface area contributed by atoms with Crippen molar-refractivity contribution in [1.29, 1.82) is 0 Å². The molecule has 1 aliphatic rings. The number of carbonyl (C=O) groups is 1. The van der Waals surface area contributed by atoms with Crippen LogP contribution in [0, 0.1) is 0 Å². The second-order valence-corrected chi connectivity index (χ2v) is 14.1. The van der Waals surface area contributed by atoms with E-state index in [1.54, 1.807) is 0 Å². The molecule has 7 unspecified atom stereocenters. The number of hydrogen-bond donors (Lipinski definition) is 6. The minimum Gasteiger partial charge on any atom is -0.394 e. The van der Waals surface area contributed by atoms with E-state index in [0.717, 1.165) is 38.5 Å². The molecule has 1 rings (SSSR count). The zero-order chi connectivity index (χ0) is 34.5. The van der Waals surface area contributed by atoms with Gasteiger partial charge in [0.25, 0.3) is 0 Å². The van der Waals surface area contributed by atoms with E-state index in [0.29, 0.717) is 12.8 Å². The molecule has 1 heterocycles. The quantitative estimate of drug-likeness (QED) is 0.0426. The van der Waals surface area contributed by atoms with E-state index >= 15 is 0 Å². The van der Waals surface area contributed by atoms with Crippen LogP contribution in [0.3, 0.4) is 0 Å². The molecule has 6 N–H and O–H groups in total. The van der Waals surface area contributed by atoms with Gasteiger partial charge in [-0.05, 0) is 12.8 Å². The molecule has 280 valence electrons. The third kappa shape index (κ3) is 21.8. The summed E-state index contributed by atoms with van der Waals surface area (Å²) in [4.78, 5) is 12.7. The second kappa shape index (κ2) is 30.1. The molecule has 47 heavy (non-hydrogen) atoms. The monoisotopic (exact) mass is 674 g/mol. The number of aliphatic hydroxyl groups is 5. The van der Waals surface area contributed by atoms with Crippen LogP contribution < -0.4 is 5.32 Å². The highest BCUT2D eigenvalue weighted by Crippen LogP contribution is 2.23. The Bertz CT molecular complexity index is 711. The van der Waals surface area contributed by atoms with Crippen molar-refractivity contribution in [2.75, 3.05) is 13.2 Å². The van der Waals surface area contributed by atoms with Gasteiger partial charge in [-0.25, -0.2) is 0 Å². The van der Waals surface area contributed by atoms with E-state index in [2.05, 4.69) is 19.2 Å². The minimum absolute atomic E-state index is 0.138. The number of carbonyl (C=O) groups excluding carboxylic acids is 1. The number of nitrogens with one attached hydrogen (secondary N) is 1. The lowest BCUT2D eigenvalue weighted by Crippen LogP contribution is -2.60. The van der Waals surface area contributed by atoms with Gasteiger partial charge in [0.05, 0.1) is 25.4 Å². The molecule has 1 saturated heterocycles. The van der Waals surface area contributed by atoms with Crippen molar-refractivity contribution < 1.29 is 39.8 Å². The van der Waals surface area contributed by atoms with Crippen LogP contribution in [-0.2, 0) is 14.3 Å². The predicted molar refractivity (Wildman–Crippen MR) is 189 cm³/mol. The Kier molecular flexibility index (Phi) is 28.3. The van der Waals surface area contributed by atoms with Gasteiger partial charge >= 0.3 is 0 Å². The summed E-state index contributed by atoms with van der Waals surface area (Å²) in [7, 11) is 0. The van der Waals surface area contributed by atoms with Crippen molar-refractivity contribution in [3.05, 3.63) is 0 Å². The van der Waals surface area contributed by atoms with Gasteiger partial charge in [0.2, 0.25) is 5.91 Å². The Morgan fingerprint density at radius 3 is 1.51 bits per heavy atom. The zero-order valence-electron chi connectivity index (χ0n) is 30.3. The van der Waals surface area contributed by atoms with Crippen LogP contribution in [0.5, 0.6) is 0 Å². The molecule has 9 heteroatoms. The molecule has 9 nitrogen and oxygen atoms in total. The van der Waals surface area contributed by atoms with E-state index < -0.39 is 49.5 Å². The molecule has 0 aliphatic carbocycles. The Hall–Kier alpha value is -0.810. The number of unbranched alkanes of at least 4 members (excludes halogenated alkanes) is 22. The molecule has 0 saturated carbocycles. The Balaban J connectivity index is 2.12. The third-order valence-corrected chi connectivity index (χ3v) is 9.71. The fraction of sp³-hybridized carbons (Fsp3) is 0.974. The van der Waals surface area contributed by atoms with E-state index in [9.17, 15) is 30.3 Å². The summed E-state index contributed by atoms with van der Waals surface area (Å²) >= 11 is 0. The van der Waals surface area contributed by atoms with Crippen LogP contribution in [0.1, 0.15) is 181 Å². The van der Waals surface area contributed by atoms with Gasteiger partial charge in [0, 0.05) is 6.42 Å². The van der Waals surface area contributed by atoms with Crippen molar-refractivity contribution in [3.8, 4) is 0 Å². The van der Waals surface area contributed by atoms with Crippen LogP contribution in [0.15, 0.2) is 0 Å². The van der Waals surface area contributed by atoms with Crippen LogP contribution in [0.4, 0.5) is 0 Å². The molecule has 0 bridgehead atoms. The summed E-state index contributed by atoms with van der Waals surface area (Å²) in [5, 5.41) is 53.4. The standard InChI is InChI=1S/C38H75NO8/c1-3-5-7-8-9-10-11-12-13-14-15-16-17-18-19-20-21-22-23-24-26-28-34(42)39-31(32(41)27-25-6-4-2)30-46-38-37(45)36(44)35(43)33(29-40)47-38/h31-33,35-38,40-41,43-45H,3-30H2,1-2H3,(H,39,42). The van der Waals surface area contributed by atoms with E-state index in [1.807, 2.05) is 0 Å². The van der Waals surface area contributed by atoms with E-state index in [-0.39, 0.29) is 12.5 Å². The molecule has 1 fully saturated rings. The first-order valence-corrected chi connectivity index (χ1v) is 19.7. The van der Waals surface area contributed by atoms with Gasteiger partial charge in [0.1, 0.15) is 24.4 Å². The first kappa shape index (κ1) is 44.2. The Morgan fingerprint density at radius 2 is 1.06 bits per heavy atom. The molecular weight excluding hydrogens is 598 g/mol. The smallest absolute Gasteiger partial charge is 0.220 e. The van der Waals surface area contributed by atoms with Crippen molar-refractivity contribution >= 4 is 5.91 Å². The number of hydrogen-bond acceptors (Lipinski definition) is 8. The normalized spacial score (nSPS) is 22.7. The first-order chi connectivity index (χ1) is 22.8. The molecule has 1 amide bonds. The van der Waals surface area contributed by atoms with Gasteiger partial charge < -0.3 is 40.3 Å². The van der Waals surface area contributed by atoms with Crippen LogP contribution >= 0.6 is 0 Å². The lowest BCUT2D eigenvalue weighted by Gasteiger charge is -2.40. The zero-order valence-corrected chi connectivity index (χ0v) is 30.3. The number of rotatable bonds is 32.